The number of hydrogen-bond acceptors (Lipinski definition) is 3. The molecule has 0 heterocycles. The van der Waals surface area contributed by atoms with Crippen LogP contribution >= 0.6 is 0 Å². The monoisotopic (exact) mass is 386 g/mol. The van der Waals surface area contributed by atoms with E-state index >= 15 is 0 Å². The average molecular weight is 386 g/mol. The summed E-state index contributed by atoms with van der Waals surface area (Å²) in [4.78, 5) is 11.8. The standard InChI is InChI=1S/C21H19FO4S/c1-12-7-16(27(2)26)5-6-17(12)21(25)19-9-13(10-20(23)24)8-14-3-4-15(22)11-18(14)19/h3-9,11,21,25H,10H2,1-2H3,(H,23,24). The Labute approximate surface area is 158 Å². The highest BCUT2D eigenvalue weighted by Crippen LogP contribution is 2.33. The number of fused-ring (bicyclic) bond motifs is 1. The molecule has 2 N–H and O–H groups in total. The summed E-state index contributed by atoms with van der Waals surface area (Å²) in [6, 6.07) is 12.6. The summed E-state index contributed by atoms with van der Waals surface area (Å²) in [5, 5.41) is 21.3. The van der Waals surface area contributed by atoms with E-state index in [1.807, 2.05) is 0 Å². The molecule has 0 aliphatic carbocycles. The Morgan fingerprint density at radius 3 is 2.48 bits per heavy atom. The molecule has 2 unspecified atom stereocenters. The number of halogens is 1. The first-order valence-corrected chi connectivity index (χ1v) is 9.88. The number of carboxylic acid groups (broad SMARTS) is 1. The van der Waals surface area contributed by atoms with Gasteiger partial charge in [0.05, 0.1) is 6.42 Å². The van der Waals surface area contributed by atoms with Gasteiger partial charge in [0.1, 0.15) is 11.9 Å². The molecule has 3 rings (SSSR count). The number of benzene rings is 3. The molecule has 0 spiro atoms. The molecule has 6 heteroatoms. The van der Waals surface area contributed by atoms with Gasteiger partial charge in [0.2, 0.25) is 0 Å². The second-order valence-electron chi connectivity index (χ2n) is 6.50. The van der Waals surface area contributed by atoms with Crippen molar-refractivity contribution in [2.45, 2.75) is 24.3 Å². The Morgan fingerprint density at radius 2 is 1.85 bits per heavy atom. The second-order valence-corrected chi connectivity index (χ2v) is 7.88. The van der Waals surface area contributed by atoms with Crippen molar-refractivity contribution in [3.05, 3.63) is 76.6 Å². The number of hydrogen-bond donors (Lipinski definition) is 2. The molecule has 3 aromatic carbocycles. The first kappa shape index (κ1) is 19.2. The predicted molar refractivity (Wildman–Crippen MR) is 103 cm³/mol. The van der Waals surface area contributed by atoms with Crippen molar-refractivity contribution in [3.63, 3.8) is 0 Å². The number of rotatable bonds is 5. The number of carboxylic acids is 1. The van der Waals surface area contributed by atoms with E-state index in [1.54, 1.807) is 49.6 Å². The SMILES string of the molecule is Cc1cc(S(C)=O)ccc1C(O)c1cc(CC(=O)O)cc2ccc(F)cc12. The van der Waals surface area contributed by atoms with Crippen LogP contribution in [-0.2, 0) is 22.0 Å². The van der Waals surface area contributed by atoms with Gasteiger partial charge in [-0.1, -0.05) is 24.3 Å². The van der Waals surface area contributed by atoms with Gasteiger partial charge in [0.25, 0.3) is 0 Å². The highest BCUT2D eigenvalue weighted by Gasteiger charge is 2.18. The van der Waals surface area contributed by atoms with Gasteiger partial charge in [0, 0.05) is 22.0 Å². The molecule has 0 aliphatic heterocycles. The lowest BCUT2D eigenvalue weighted by atomic mass is 9.91. The summed E-state index contributed by atoms with van der Waals surface area (Å²) in [6.07, 6.45) is 0.318. The van der Waals surface area contributed by atoms with Crippen molar-refractivity contribution >= 4 is 27.5 Å². The van der Waals surface area contributed by atoms with Crippen molar-refractivity contribution in [1.82, 2.24) is 0 Å². The number of aliphatic hydroxyl groups is 1. The van der Waals surface area contributed by atoms with E-state index in [0.29, 0.717) is 32.4 Å². The van der Waals surface area contributed by atoms with Crippen LogP contribution in [0, 0.1) is 12.7 Å². The summed E-state index contributed by atoms with van der Waals surface area (Å²) >= 11 is 0. The Morgan fingerprint density at radius 1 is 1.11 bits per heavy atom. The van der Waals surface area contributed by atoms with Crippen LogP contribution in [-0.4, -0.2) is 26.6 Å². The summed E-state index contributed by atoms with van der Waals surface area (Å²) in [6.45, 7) is 1.80. The molecule has 2 atom stereocenters. The van der Waals surface area contributed by atoms with E-state index in [-0.39, 0.29) is 6.42 Å². The first-order chi connectivity index (χ1) is 12.8. The Hall–Kier alpha value is -2.57. The molecule has 0 fully saturated rings. The largest absolute Gasteiger partial charge is 0.481 e. The maximum Gasteiger partial charge on any atom is 0.307 e. The van der Waals surface area contributed by atoms with Crippen LogP contribution in [0.4, 0.5) is 4.39 Å². The average Bonchev–Trinajstić information content (AvgIpc) is 2.60. The van der Waals surface area contributed by atoms with Crippen LogP contribution in [0.5, 0.6) is 0 Å². The lowest BCUT2D eigenvalue weighted by molar-refractivity contribution is -0.136. The molecule has 4 nitrogen and oxygen atoms in total. The molecule has 0 bridgehead atoms. The van der Waals surface area contributed by atoms with Gasteiger partial charge in [-0.3, -0.25) is 9.00 Å². The van der Waals surface area contributed by atoms with E-state index in [1.165, 1.54) is 12.1 Å². The van der Waals surface area contributed by atoms with Crippen molar-refractivity contribution < 1.29 is 23.6 Å². The van der Waals surface area contributed by atoms with Crippen LogP contribution in [0.2, 0.25) is 0 Å². The van der Waals surface area contributed by atoms with Crippen molar-refractivity contribution in [3.8, 4) is 0 Å². The first-order valence-electron chi connectivity index (χ1n) is 8.32. The molecule has 0 amide bonds. The molecular formula is C21H19FO4S. The van der Waals surface area contributed by atoms with Crippen LogP contribution in [0.1, 0.15) is 28.4 Å². The number of aryl methyl sites for hydroxylation is 1. The maximum atomic E-state index is 13.8. The predicted octanol–water partition coefficient (Wildman–Crippen LogP) is 3.73. The second kappa shape index (κ2) is 7.58. The number of aliphatic carboxylic acids is 1. The quantitative estimate of drug-likeness (QED) is 0.701. The van der Waals surface area contributed by atoms with Gasteiger partial charge in [-0.25, -0.2) is 4.39 Å². The fourth-order valence-corrected chi connectivity index (χ4v) is 3.83. The van der Waals surface area contributed by atoms with Gasteiger partial charge in [-0.15, -0.1) is 0 Å². The number of carbonyl (C=O) groups is 1. The van der Waals surface area contributed by atoms with Crippen molar-refractivity contribution in [2.24, 2.45) is 0 Å². The Balaban J connectivity index is 2.17. The van der Waals surface area contributed by atoms with Crippen LogP contribution < -0.4 is 0 Å². The molecule has 27 heavy (non-hydrogen) atoms. The highest BCUT2D eigenvalue weighted by molar-refractivity contribution is 7.84. The van der Waals surface area contributed by atoms with Crippen LogP contribution in [0.3, 0.4) is 0 Å². The van der Waals surface area contributed by atoms with E-state index in [9.17, 15) is 18.5 Å². The molecule has 0 saturated carbocycles. The third kappa shape index (κ3) is 4.07. The van der Waals surface area contributed by atoms with Crippen molar-refractivity contribution in [1.29, 1.82) is 0 Å². The minimum Gasteiger partial charge on any atom is -0.481 e. The van der Waals surface area contributed by atoms with E-state index in [2.05, 4.69) is 0 Å². The zero-order valence-electron chi connectivity index (χ0n) is 14.9. The Bertz CT molecular complexity index is 1060. The minimum absolute atomic E-state index is 0.195. The van der Waals surface area contributed by atoms with E-state index in [0.717, 1.165) is 5.56 Å². The van der Waals surface area contributed by atoms with Gasteiger partial charge in [-0.05, 0) is 64.2 Å². The Kier molecular flexibility index (Phi) is 5.39. The molecule has 140 valence electrons. The topological polar surface area (TPSA) is 74.6 Å². The summed E-state index contributed by atoms with van der Waals surface area (Å²) in [5.41, 5.74) is 2.32. The molecule has 0 radical (unpaired) electrons. The van der Waals surface area contributed by atoms with Crippen LogP contribution in [0.15, 0.2) is 53.4 Å². The van der Waals surface area contributed by atoms with Gasteiger partial charge < -0.3 is 10.2 Å². The van der Waals surface area contributed by atoms with Gasteiger partial charge >= 0.3 is 5.97 Å². The summed E-state index contributed by atoms with van der Waals surface area (Å²) in [7, 11) is -1.14. The summed E-state index contributed by atoms with van der Waals surface area (Å²) in [5.74, 6) is -1.42. The zero-order valence-corrected chi connectivity index (χ0v) is 15.7. The third-order valence-corrected chi connectivity index (χ3v) is 5.44. The van der Waals surface area contributed by atoms with Crippen LogP contribution in [0.25, 0.3) is 10.8 Å². The molecule has 3 aromatic rings. The zero-order chi connectivity index (χ0) is 19.7. The maximum absolute atomic E-state index is 13.8. The lowest BCUT2D eigenvalue weighted by Gasteiger charge is -2.18. The fraction of sp³-hybridized carbons (Fsp3) is 0.190. The highest BCUT2D eigenvalue weighted by atomic mass is 32.2. The smallest absolute Gasteiger partial charge is 0.307 e. The van der Waals surface area contributed by atoms with E-state index in [4.69, 9.17) is 5.11 Å². The molecule has 0 saturated heterocycles. The van der Waals surface area contributed by atoms with Gasteiger partial charge in [-0.2, -0.15) is 0 Å². The molecule has 0 aromatic heterocycles. The fourth-order valence-electron chi connectivity index (χ4n) is 3.23. The van der Waals surface area contributed by atoms with Crippen molar-refractivity contribution in [2.75, 3.05) is 6.26 Å². The van der Waals surface area contributed by atoms with Gasteiger partial charge in [0.15, 0.2) is 0 Å². The minimum atomic E-state index is -1.14. The third-order valence-electron chi connectivity index (χ3n) is 4.53. The number of aliphatic hydroxyl groups excluding tert-OH is 1. The lowest BCUT2D eigenvalue weighted by Crippen LogP contribution is -2.07. The normalized spacial score (nSPS) is 13.5. The summed E-state index contributed by atoms with van der Waals surface area (Å²) < 4.78 is 25.5. The molecular weight excluding hydrogens is 367 g/mol. The van der Waals surface area contributed by atoms with E-state index < -0.39 is 28.7 Å². The molecule has 0 aliphatic rings.